The van der Waals surface area contributed by atoms with E-state index in [0.29, 0.717) is 6.07 Å². The molecule has 0 saturated heterocycles. The lowest BCUT2D eigenvalue weighted by molar-refractivity contribution is -0.143. The third-order valence-electron chi connectivity index (χ3n) is 1.43. The van der Waals surface area contributed by atoms with Gasteiger partial charge in [0.05, 0.1) is 12.8 Å². The number of ether oxygens (including phenoxy) is 1. The fourth-order valence-corrected chi connectivity index (χ4v) is 0.848. The first kappa shape index (κ1) is 10.6. The number of hydrogen-bond acceptors (Lipinski definition) is 3. The number of aromatic nitrogens is 1. The standard InChI is InChI=1S/C7H6F4N2O/c1-14-6-4(12)2-3(8)5(13-6)7(9,10)11/h2H,12H2,1H3. The summed E-state index contributed by atoms with van der Waals surface area (Å²) in [5.74, 6) is -1.96. The first-order valence-electron chi connectivity index (χ1n) is 3.43. The van der Waals surface area contributed by atoms with Gasteiger partial charge in [0.15, 0.2) is 11.5 Å². The van der Waals surface area contributed by atoms with Crippen molar-refractivity contribution in [1.82, 2.24) is 4.98 Å². The highest BCUT2D eigenvalue weighted by molar-refractivity contribution is 5.49. The molecule has 0 spiro atoms. The van der Waals surface area contributed by atoms with E-state index in [1.54, 1.807) is 0 Å². The molecule has 0 aliphatic heterocycles. The van der Waals surface area contributed by atoms with Gasteiger partial charge in [-0.25, -0.2) is 9.37 Å². The highest BCUT2D eigenvalue weighted by atomic mass is 19.4. The van der Waals surface area contributed by atoms with Crippen molar-refractivity contribution < 1.29 is 22.3 Å². The van der Waals surface area contributed by atoms with Gasteiger partial charge < -0.3 is 10.5 Å². The molecule has 0 aliphatic carbocycles. The lowest BCUT2D eigenvalue weighted by atomic mass is 10.3. The third kappa shape index (κ3) is 1.86. The van der Waals surface area contributed by atoms with E-state index in [4.69, 9.17) is 5.73 Å². The van der Waals surface area contributed by atoms with Gasteiger partial charge in [0.25, 0.3) is 0 Å². The summed E-state index contributed by atoms with van der Waals surface area (Å²) < 4.78 is 53.5. The number of nitrogens with two attached hydrogens (primary N) is 1. The molecule has 0 unspecified atom stereocenters. The van der Waals surface area contributed by atoms with Crippen molar-refractivity contribution in [3.63, 3.8) is 0 Å². The predicted octanol–water partition coefficient (Wildman–Crippen LogP) is 1.83. The minimum Gasteiger partial charge on any atom is -0.480 e. The van der Waals surface area contributed by atoms with Crippen LogP contribution < -0.4 is 10.5 Å². The molecular weight excluding hydrogens is 204 g/mol. The molecule has 1 heterocycles. The van der Waals surface area contributed by atoms with Gasteiger partial charge >= 0.3 is 6.18 Å². The van der Waals surface area contributed by atoms with Gasteiger partial charge in [-0.2, -0.15) is 13.2 Å². The molecule has 1 aromatic heterocycles. The van der Waals surface area contributed by atoms with E-state index in [2.05, 4.69) is 9.72 Å². The van der Waals surface area contributed by atoms with Crippen molar-refractivity contribution in [3.8, 4) is 5.88 Å². The first-order chi connectivity index (χ1) is 6.36. The monoisotopic (exact) mass is 210 g/mol. The van der Waals surface area contributed by atoms with Gasteiger partial charge in [0, 0.05) is 6.07 Å². The zero-order chi connectivity index (χ0) is 10.9. The Balaban J connectivity index is 3.32. The van der Waals surface area contributed by atoms with E-state index in [0.717, 1.165) is 7.11 Å². The molecule has 1 aromatic rings. The number of nitrogen functional groups attached to an aromatic ring is 1. The third-order valence-corrected chi connectivity index (χ3v) is 1.43. The summed E-state index contributed by atoms with van der Waals surface area (Å²) in [4.78, 5) is 2.91. The second-order valence-corrected chi connectivity index (χ2v) is 2.42. The van der Waals surface area contributed by atoms with E-state index in [1.807, 2.05) is 0 Å². The van der Waals surface area contributed by atoms with Gasteiger partial charge in [-0.1, -0.05) is 0 Å². The summed E-state index contributed by atoms with van der Waals surface area (Å²) in [6.45, 7) is 0. The summed E-state index contributed by atoms with van der Waals surface area (Å²) in [5, 5.41) is 0. The van der Waals surface area contributed by atoms with Crippen LogP contribution in [0.5, 0.6) is 5.88 Å². The molecule has 0 amide bonds. The van der Waals surface area contributed by atoms with Crippen LogP contribution in [0.15, 0.2) is 6.07 Å². The molecule has 7 heteroatoms. The molecular formula is C7H6F4N2O. The lowest BCUT2D eigenvalue weighted by Crippen LogP contribution is -2.12. The van der Waals surface area contributed by atoms with Gasteiger partial charge in [0.2, 0.25) is 5.88 Å². The van der Waals surface area contributed by atoms with Gasteiger partial charge in [-0.3, -0.25) is 0 Å². The molecule has 14 heavy (non-hydrogen) atoms. The van der Waals surface area contributed by atoms with Crippen molar-refractivity contribution >= 4 is 5.69 Å². The highest BCUT2D eigenvalue weighted by Crippen LogP contribution is 2.33. The SMILES string of the molecule is COc1nc(C(F)(F)F)c(F)cc1N. The Bertz CT molecular complexity index is 350. The predicted molar refractivity (Wildman–Crippen MR) is 40.2 cm³/mol. The zero-order valence-electron chi connectivity index (χ0n) is 7.02. The Kier molecular flexibility index (Phi) is 2.50. The number of alkyl halides is 3. The molecule has 3 nitrogen and oxygen atoms in total. The largest absolute Gasteiger partial charge is 0.480 e. The number of rotatable bonds is 1. The molecule has 78 valence electrons. The molecule has 0 aromatic carbocycles. The van der Waals surface area contributed by atoms with Crippen LogP contribution in [0.2, 0.25) is 0 Å². The summed E-state index contributed by atoms with van der Waals surface area (Å²) in [7, 11) is 1.09. The van der Waals surface area contributed by atoms with Crippen LogP contribution >= 0.6 is 0 Å². The van der Waals surface area contributed by atoms with Crippen molar-refractivity contribution in [2.24, 2.45) is 0 Å². The van der Waals surface area contributed by atoms with Crippen LogP contribution in [0.3, 0.4) is 0 Å². The Hall–Kier alpha value is -1.53. The first-order valence-corrected chi connectivity index (χ1v) is 3.43. The van der Waals surface area contributed by atoms with E-state index in [-0.39, 0.29) is 5.69 Å². The fraction of sp³-hybridized carbons (Fsp3) is 0.286. The molecule has 0 atom stereocenters. The minimum atomic E-state index is -4.86. The molecule has 0 bridgehead atoms. The van der Waals surface area contributed by atoms with Crippen molar-refractivity contribution in [2.45, 2.75) is 6.18 Å². The number of hydrogen-bond donors (Lipinski definition) is 1. The molecule has 0 radical (unpaired) electrons. The van der Waals surface area contributed by atoms with E-state index >= 15 is 0 Å². The number of nitrogens with zero attached hydrogens (tertiary/aromatic N) is 1. The summed E-state index contributed by atoms with van der Waals surface area (Å²) in [5.41, 5.74) is 3.23. The average molecular weight is 210 g/mol. The molecule has 1 rings (SSSR count). The van der Waals surface area contributed by atoms with Crippen LogP contribution in [0, 0.1) is 5.82 Å². The fourth-order valence-electron chi connectivity index (χ4n) is 0.848. The Labute approximate surface area is 76.5 Å². The van der Waals surface area contributed by atoms with Crippen LogP contribution in [0.25, 0.3) is 0 Å². The number of methoxy groups -OCH3 is 1. The Morgan fingerprint density at radius 3 is 2.43 bits per heavy atom. The molecule has 0 saturated carbocycles. The van der Waals surface area contributed by atoms with E-state index in [9.17, 15) is 17.6 Å². The van der Waals surface area contributed by atoms with Crippen molar-refractivity contribution in [2.75, 3.05) is 12.8 Å². The second kappa shape index (κ2) is 3.32. The number of anilines is 1. The molecule has 0 fully saturated rings. The highest BCUT2D eigenvalue weighted by Gasteiger charge is 2.37. The number of halogens is 4. The van der Waals surface area contributed by atoms with E-state index in [1.165, 1.54) is 0 Å². The lowest BCUT2D eigenvalue weighted by Gasteiger charge is -2.09. The van der Waals surface area contributed by atoms with Crippen LogP contribution in [0.4, 0.5) is 23.2 Å². The maximum absolute atomic E-state index is 12.7. The van der Waals surface area contributed by atoms with Crippen LogP contribution in [-0.2, 0) is 6.18 Å². The maximum atomic E-state index is 12.7. The maximum Gasteiger partial charge on any atom is 0.436 e. The van der Waals surface area contributed by atoms with Crippen LogP contribution in [0.1, 0.15) is 5.69 Å². The second-order valence-electron chi connectivity index (χ2n) is 2.42. The zero-order valence-corrected chi connectivity index (χ0v) is 7.02. The normalized spacial score (nSPS) is 11.5. The molecule has 0 aliphatic rings. The summed E-state index contributed by atoms with van der Waals surface area (Å²) in [6, 6.07) is 0.522. The quantitative estimate of drug-likeness (QED) is 0.719. The van der Waals surface area contributed by atoms with Gasteiger partial charge in [0.1, 0.15) is 0 Å². The Morgan fingerprint density at radius 2 is 2.00 bits per heavy atom. The van der Waals surface area contributed by atoms with Crippen LogP contribution in [-0.4, -0.2) is 12.1 Å². The smallest absolute Gasteiger partial charge is 0.436 e. The van der Waals surface area contributed by atoms with Gasteiger partial charge in [-0.05, 0) is 0 Å². The Morgan fingerprint density at radius 1 is 1.43 bits per heavy atom. The van der Waals surface area contributed by atoms with Gasteiger partial charge in [-0.15, -0.1) is 0 Å². The number of pyridine rings is 1. The summed E-state index contributed by atoms with van der Waals surface area (Å²) >= 11 is 0. The van der Waals surface area contributed by atoms with E-state index < -0.39 is 23.6 Å². The van der Waals surface area contributed by atoms with Crippen molar-refractivity contribution in [1.29, 1.82) is 0 Å². The minimum absolute atomic E-state index is 0.280. The summed E-state index contributed by atoms with van der Waals surface area (Å²) in [6.07, 6.45) is -4.86. The van der Waals surface area contributed by atoms with Crippen molar-refractivity contribution in [3.05, 3.63) is 17.6 Å². The topological polar surface area (TPSA) is 48.1 Å². The molecule has 2 N–H and O–H groups in total. The average Bonchev–Trinajstić information content (AvgIpc) is 2.02.